The summed E-state index contributed by atoms with van der Waals surface area (Å²) in [5.74, 6) is -0.266. The molecule has 1 aromatic carbocycles. The van der Waals surface area contributed by atoms with E-state index in [1.165, 1.54) is 23.5 Å². The molecule has 1 saturated heterocycles. The van der Waals surface area contributed by atoms with Crippen molar-refractivity contribution >= 4 is 34.5 Å². The lowest BCUT2D eigenvalue weighted by molar-refractivity contribution is 0.200. The van der Waals surface area contributed by atoms with E-state index in [0.29, 0.717) is 5.02 Å². The quantitative estimate of drug-likeness (QED) is 0.897. The van der Waals surface area contributed by atoms with Crippen molar-refractivity contribution in [2.45, 2.75) is 6.04 Å². The second kappa shape index (κ2) is 6.63. The Kier molecular flexibility index (Phi) is 4.82. The number of rotatable bonds is 3. The molecular formula is C15H15Cl2FN2S. The van der Waals surface area contributed by atoms with Crippen LogP contribution in [0.25, 0.3) is 0 Å². The summed E-state index contributed by atoms with van der Waals surface area (Å²) in [6, 6.07) is 8.37. The van der Waals surface area contributed by atoms with E-state index in [-0.39, 0.29) is 11.9 Å². The standard InChI is InChI=1S/C15H15Cl2FN2S/c16-12-2-1-10(18)9-11(12)15(13-3-4-14(17)21-13)20-7-5-19-6-8-20/h1-4,9,15,19H,5-8H2/t15-/m1/s1. The van der Waals surface area contributed by atoms with Gasteiger partial charge in [0.1, 0.15) is 5.82 Å². The van der Waals surface area contributed by atoms with E-state index >= 15 is 0 Å². The molecule has 0 bridgehead atoms. The van der Waals surface area contributed by atoms with E-state index in [4.69, 9.17) is 23.2 Å². The Morgan fingerprint density at radius 2 is 1.90 bits per heavy atom. The van der Waals surface area contributed by atoms with Crippen LogP contribution in [0.1, 0.15) is 16.5 Å². The first-order valence-electron chi connectivity index (χ1n) is 6.80. The Labute approximate surface area is 137 Å². The van der Waals surface area contributed by atoms with Crippen molar-refractivity contribution in [3.05, 3.63) is 55.9 Å². The lowest BCUT2D eigenvalue weighted by Gasteiger charge is -2.35. The van der Waals surface area contributed by atoms with E-state index in [1.807, 2.05) is 12.1 Å². The first-order valence-corrected chi connectivity index (χ1v) is 8.37. The maximum atomic E-state index is 13.7. The van der Waals surface area contributed by atoms with Gasteiger partial charge >= 0.3 is 0 Å². The fourth-order valence-electron chi connectivity index (χ4n) is 2.67. The Morgan fingerprint density at radius 3 is 2.57 bits per heavy atom. The molecule has 21 heavy (non-hydrogen) atoms. The summed E-state index contributed by atoms with van der Waals surface area (Å²) in [5.41, 5.74) is 0.803. The van der Waals surface area contributed by atoms with Gasteiger partial charge in [0.05, 0.1) is 10.4 Å². The maximum absolute atomic E-state index is 13.7. The van der Waals surface area contributed by atoms with E-state index in [0.717, 1.165) is 41.0 Å². The van der Waals surface area contributed by atoms with Crippen molar-refractivity contribution < 1.29 is 4.39 Å². The SMILES string of the molecule is Fc1ccc(Cl)c([C@H](c2ccc(Cl)s2)N2CCNCC2)c1. The van der Waals surface area contributed by atoms with Gasteiger partial charge in [-0.2, -0.15) is 0 Å². The summed E-state index contributed by atoms with van der Waals surface area (Å²) in [7, 11) is 0. The number of benzene rings is 1. The van der Waals surface area contributed by atoms with Crippen LogP contribution in [0.3, 0.4) is 0 Å². The third-order valence-corrected chi connectivity index (χ3v) is 5.26. The number of halogens is 3. The van der Waals surface area contributed by atoms with Crippen molar-refractivity contribution in [2.75, 3.05) is 26.2 Å². The molecular weight excluding hydrogens is 330 g/mol. The monoisotopic (exact) mass is 344 g/mol. The van der Waals surface area contributed by atoms with Crippen molar-refractivity contribution in [3.8, 4) is 0 Å². The fourth-order valence-corrected chi connectivity index (χ4v) is 4.11. The third-order valence-electron chi connectivity index (χ3n) is 3.63. The van der Waals surface area contributed by atoms with Gasteiger partial charge in [-0.1, -0.05) is 23.2 Å². The zero-order valence-corrected chi connectivity index (χ0v) is 13.6. The fraction of sp³-hybridized carbons (Fsp3) is 0.333. The highest BCUT2D eigenvalue weighted by atomic mass is 35.5. The van der Waals surface area contributed by atoms with Crippen LogP contribution < -0.4 is 5.32 Å². The number of nitrogens with zero attached hydrogens (tertiary/aromatic N) is 1. The van der Waals surface area contributed by atoms with Gasteiger partial charge in [-0.3, -0.25) is 4.90 Å². The minimum Gasteiger partial charge on any atom is -0.314 e. The highest BCUT2D eigenvalue weighted by molar-refractivity contribution is 7.16. The first-order chi connectivity index (χ1) is 10.1. The van der Waals surface area contributed by atoms with Crippen molar-refractivity contribution in [1.29, 1.82) is 0 Å². The highest BCUT2D eigenvalue weighted by Crippen LogP contribution is 2.38. The van der Waals surface area contributed by atoms with E-state index in [9.17, 15) is 4.39 Å². The van der Waals surface area contributed by atoms with Crippen LogP contribution in [0.15, 0.2) is 30.3 Å². The van der Waals surface area contributed by atoms with Gasteiger partial charge in [0.25, 0.3) is 0 Å². The molecule has 1 aliphatic heterocycles. The van der Waals surface area contributed by atoms with Crippen LogP contribution in [0.2, 0.25) is 9.36 Å². The molecule has 0 aliphatic carbocycles. The third kappa shape index (κ3) is 3.41. The molecule has 0 saturated carbocycles. The van der Waals surface area contributed by atoms with Gasteiger partial charge in [0, 0.05) is 36.1 Å². The summed E-state index contributed by atoms with van der Waals surface area (Å²) in [6.07, 6.45) is 0. The maximum Gasteiger partial charge on any atom is 0.123 e. The van der Waals surface area contributed by atoms with Crippen LogP contribution in [-0.4, -0.2) is 31.1 Å². The molecule has 112 valence electrons. The first kappa shape index (κ1) is 15.3. The van der Waals surface area contributed by atoms with Crippen LogP contribution in [0.5, 0.6) is 0 Å². The average Bonchev–Trinajstić information content (AvgIpc) is 2.90. The summed E-state index contributed by atoms with van der Waals surface area (Å²) in [5, 5.41) is 3.92. The molecule has 2 nitrogen and oxygen atoms in total. The summed E-state index contributed by atoms with van der Waals surface area (Å²) < 4.78 is 14.4. The number of piperazine rings is 1. The summed E-state index contributed by atoms with van der Waals surface area (Å²) in [6.45, 7) is 3.63. The molecule has 0 radical (unpaired) electrons. The molecule has 1 aliphatic rings. The molecule has 2 aromatic rings. The van der Waals surface area contributed by atoms with E-state index < -0.39 is 0 Å². The predicted octanol–water partition coefficient (Wildman–Crippen LogP) is 4.19. The Bertz CT molecular complexity index is 626. The predicted molar refractivity (Wildman–Crippen MR) is 87.0 cm³/mol. The van der Waals surface area contributed by atoms with Crippen molar-refractivity contribution in [3.63, 3.8) is 0 Å². The molecule has 1 fully saturated rings. The Balaban J connectivity index is 2.04. The minimum absolute atomic E-state index is 0.0483. The summed E-state index contributed by atoms with van der Waals surface area (Å²) in [4.78, 5) is 3.41. The molecule has 0 amide bonds. The molecule has 2 heterocycles. The molecule has 0 spiro atoms. The largest absolute Gasteiger partial charge is 0.314 e. The number of thiophene rings is 1. The van der Waals surface area contributed by atoms with Gasteiger partial charge < -0.3 is 5.32 Å². The van der Waals surface area contributed by atoms with Crippen LogP contribution >= 0.6 is 34.5 Å². The van der Waals surface area contributed by atoms with Gasteiger partial charge in [0.2, 0.25) is 0 Å². The Hall–Kier alpha value is -0.650. The molecule has 1 atom stereocenters. The second-order valence-electron chi connectivity index (χ2n) is 5.00. The zero-order chi connectivity index (χ0) is 14.8. The van der Waals surface area contributed by atoms with Gasteiger partial charge in [-0.15, -0.1) is 11.3 Å². The average molecular weight is 345 g/mol. The molecule has 0 unspecified atom stereocenters. The topological polar surface area (TPSA) is 15.3 Å². The second-order valence-corrected chi connectivity index (χ2v) is 7.15. The number of nitrogens with one attached hydrogen (secondary N) is 1. The summed E-state index contributed by atoms with van der Waals surface area (Å²) >= 11 is 13.9. The van der Waals surface area contributed by atoms with Crippen LogP contribution in [0.4, 0.5) is 4.39 Å². The lowest BCUT2D eigenvalue weighted by Crippen LogP contribution is -2.45. The molecule has 3 rings (SSSR count). The lowest BCUT2D eigenvalue weighted by atomic mass is 10.0. The van der Waals surface area contributed by atoms with Gasteiger partial charge in [-0.05, 0) is 35.9 Å². The van der Waals surface area contributed by atoms with E-state index in [1.54, 1.807) is 6.07 Å². The Morgan fingerprint density at radius 1 is 1.14 bits per heavy atom. The zero-order valence-electron chi connectivity index (χ0n) is 11.3. The van der Waals surface area contributed by atoms with Crippen molar-refractivity contribution in [2.24, 2.45) is 0 Å². The normalized spacial score (nSPS) is 17.9. The number of hydrogen-bond donors (Lipinski definition) is 1. The van der Waals surface area contributed by atoms with Gasteiger partial charge in [-0.25, -0.2) is 4.39 Å². The smallest absolute Gasteiger partial charge is 0.123 e. The molecule has 6 heteroatoms. The van der Waals surface area contributed by atoms with E-state index in [2.05, 4.69) is 10.2 Å². The van der Waals surface area contributed by atoms with Gasteiger partial charge in [0.15, 0.2) is 0 Å². The highest BCUT2D eigenvalue weighted by Gasteiger charge is 2.27. The molecule has 1 aromatic heterocycles. The number of hydrogen-bond acceptors (Lipinski definition) is 3. The van der Waals surface area contributed by atoms with Crippen LogP contribution in [0, 0.1) is 5.82 Å². The minimum atomic E-state index is -0.266. The van der Waals surface area contributed by atoms with Crippen LogP contribution in [-0.2, 0) is 0 Å². The molecule has 1 N–H and O–H groups in total. The van der Waals surface area contributed by atoms with Crippen molar-refractivity contribution in [1.82, 2.24) is 10.2 Å².